The highest BCUT2D eigenvalue weighted by atomic mass is 16.6. The lowest BCUT2D eigenvalue weighted by molar-refractivity contribution is -0.386. The van der Waals surface area contributed by atoms with Crippen molar-refractivity contribution in [2.75, 3.05) is 7.11 Å². The van der Waals surface area contributed by atoms with Gasteiger partial charge in [0.2, 0.25) is 5.75 Å². The molecule has 7 heteroatoms. The summed E-state index contributed by atoms with van der Waals surface area (Å²) < 4.78 is 13.0. The summed E-state index contributed by atoms with van der Waals surface area (Å²) in [5.41, 5.74) is 3.27. The number of benzene rings is 2. The van der Waals surface area contributed by atoms with E-state index in [0.29, 0.717) is 23.3 Å². The van der Waals surface area contributed by atoms with Gasteiger partial charge in [-0.3, -0.25) is 14.9 Å². The van der Waals surface area contributed by atoms with Crippen LogP contribution in [-0.2, 0) is 23.0 Å². The van der Waals surface area contributed by atoms with Crippen molar-refractivity contribution >= 4 is 22.6 Å². The van der Waals surface area contributed by atoms with Crippen LogP contribution in [0.2, 0.25) is 0 Å². The van der Waals surface area contributed by atoms with Gasteiger partial charge in [-0.2, -0.15) is 0 Å². The standard InChI is InChI=1S/C24H26N2O5/c1-25-12-11-18-15-17(8-9-21(18)25)20-13-16(7-10-23(27)30-2)14-22(26(28)29)24(20)31-19-5-3-4-6-19/h8-9,11-15,19H,3-7,10H2,1-2H3. The Morgan fingerprint density at radius 2 is 1.97 bits per heavy atom. The molecule has 0 unspecified atom stereocenters. The maximum atomic E-state index is 12.0. The Balaban J connectivity index is 1.83. The topological polar surface area (TPSA) is 83.6 Å². The molecule has 162 valence electrons. The Labute approximate surface area is 180 Å². The van der Waals surface area contributed by atoms with Crippen LogP contribution in [0.1, 0.15) is 37.7 Å². The van der Waals surface area contributed by atoms with Crippen LogP contribution in [0.5, 0.6) is 5.75 Å². The lowest BCUT2D eigenvalue weighted by Gasteiger charge is -2.18. The van der Waals surface area contributed by atoms with E-state index in [4.69, 9.17) is 9.47 Å². The normalized spacial score (nSPS) is 14.1. The molecule has 1 fully saturated rings. The third kappa shape index (κ3) is 4.40. The highest BCUT2D eigenvalue weighted by molar-refractivity contribution is 5.88. The van der Waals surface area contributed by atoms with Crippen LogP contribution >= 0.6 is 0 Å². The van der Waals surface area contributed by atoms with E-state index in [1.54, 1.807) is 0 Å². The molecule has 0 bridgehead atoms. The molecular formula is C24H26N2O5. The van der Waals surface area contributed by atoms with Gasteiger partial charge in [-0.1, -0.05) is 6.07 Å². The fraction of sp³-hybridized carbons (Fsp3) is 0.375. The fourth-order valence-corrected chi connectivity index (χ4v) is 4.26. The summed E-state index contributed by atoms with van der Waals surface area (Å²) in [6.07, 6.45) is 6.43. The zero-order chi connectivity index (χ0) is 22.0. The third-order valence-electron chi connectivity index (χ3n) is 5.95. The van der Waals surface area contributed by atoms with E-state index in [0.717, 1.165) is 42.1 Å². The number of carbonyl (C=O) groups is 1. The maximum absolute atomic E-state index is 12.0. The second kappa shape index (κ2) is 8.79. The van der Waals surface area contributed by atoms with Crippen LogP contribution in [0.25, 0.3) is 22.0 Å². The molecule has 1 aliphatic rings. The van der Waals surface area contributed by atoms with E-state index < -0.39 is 4.92 Å². The van der Waals surface area contributed by atoms with Crippen molar-refractivity contribution in [3.63, 3.8) is 0 Å². The fourth-order valence-electron chi connectivity index (χ4n) is 4.26. The number of esters is 1. The molecular weight excluding hydrogens is 396 g/mol. The minimum Gasteiger partial charge on any atom is -0.483 e. The summed E-state index contributed by atoms with van der Waals surface area (Å²) in [5, 5.41) is 13.0. The molecule has 0 amide bonds. The number of hydrogen-bond donors (Lipinski definition) is 0. The SMILES string of the molecule is COC(=O)CCc1cc(-c2ccc3c(ccn3C)c2)c(OC2CCCC2)c([N+](=O)[O-])c1. The first kappa shape index (κ1) is 20.9. The first-order chi connectivity index (χ1) is 15.0. The van der Waals surface area contributed by atoms with Crippen LogP contribution in [0.3, 0.4) is 0 Å². The maximum Gasteiger partial charge on any atom is 0.311 e. The average Bonchev–Trinajstić information content (AvgIpc) is 3.41. The van der Waals surface area contributed by atoms with Gasteiger partial charge >= 0.3 is 11.7 Å². The van der Waals surface area contributed by atoms with Gasteiger partial charge in [-0.15, -0.1) is 0 Å². The Morgan fingerprint density at radius 3 is 2.68 bits per heavy atom. The molecule has 1 heterocycles. The van der Waals surface area contributed by atoms with Gasteiger partial charge in [-0.25, -0.2) is 0 Å². The summed E-state index contributed by atoms with van der Waals surface area (Å²) in [5.74, 6) is -0.0322. The van der Waals surface area contributed by atoms with Crippen molar-refractivity contribution in [2.45, 2.75) is 44.6 Å². The second-order valence-electron chi connectivity index (χ2n) is 8.05. The van der Waals surface area contributed by atoms with Crippen LogP contribution in [0, 0.1) is 10.1 Å². The molecule has 7 nitrogen and oxygen atoms in total. The second-order valence-corrected chi connectivity index (χ2v) is 8.05. The number of methoxy groups -OCH3 is 1. The molecule has 4 rings (SSSR count). The smallest absolute Gasteiger partial charge is 0.311 e. The number of rotatable bonds is 7. The molecule has 0 aliphatic heterocycles. The number of aromatic nitrogens is 1. The molecule has 2 aromatic carbocycles. The Hall–Kier alpha value is -3.35. The predicted octanol–water partition coefficient (Wildman–Crippen LogP) is 5.18. The Kier molecular flexibility index (Phi) is 5.93. The minimum absolute atomic E-state index is 0.0150. The monoisotopic (exact) mass is 422 g/mol. The van der Waals surface area contributed by atoms with Crippen molar-refractivity contribution in [3.8, 4) is 16.9 Å². The van der Waals surface area contributed by atoms with Crippen molar-refractivity contribution in [1.82, 2.24) is 4.57 Å². The third-order valence-corrected chi connectivity index (χ3v) is 5.95. The molecule has 0 radical (unpaired) electrons. The summed E-state index contributed by atoms with van der Waals surface area (Å²) >= 11 is 0. The molecule has 3 aromatic rings. The molecule has 1 aromatic heterocycles. The number of hydrogen-bond acceptors (Lipinski definition) is 5. The molecule has 0 saturated heterocycles. The number of nitro benzene ring substituents is 1. The van der Waals surface area contributed by atoms with Gasteiger partial charge in [0, 0.05) is 42.2 Å². The van der Waals surface area contributed by atoms with Crippen LogP contribution in [0.4, 0.5) is 5.69 Å². The van der Waals surface area contributed by atoms with Crippen molar-refractivity contribution < 1.29 is 19.2 Å². The average molecular weight is 422 g/mol. The van der Waals surface area contributed by atoms with E-state index in [1.165, 1.54) is 13.2 Å². The Bertz CT molecular complexity index is 1130. The lowest BCUT2D eigenvalue weighted by atomic mass is 9.97. The van der Waals surface area contributed by atoms with Crippen molar-refractivity contribution in [1.29, 1.82) is 0 Å². The molecule has 0 N–H and O–H groups in total. The van der Waals surface area contributed by atoms with Crippen molar-refractivity contribution in [3.05, 3.63) is 58.3 Å². The first-order valence-corrected chi connectivity index (χ1v) is 10.6. The van der Waals surface area contributed by atoms with E-state index in [2.05, 4.69) is 0 Å². The number of fused-ring (bicyclic) bond motifs is 1. The van der Waals surface area contributed by atoms with Gasteiger partial charge in [0.05, 0.1) is 18.1 Å². The van der Waals surface area contributed by atoms with Gasteiger partial charge in [0.15, 0.2) is 0 Å². The lowest BCUT2D eigenvalue weighted by Crippen LogP contribution is -2.13. The number of carbonyl (C=O) groups excluding carboxylic acids is 1. The predicted molar refractivity (Wildman–Crippen MR) is 118 cm³/mol. The van der Waals surface area contributed by atoms with Crippen LogP contribution in [0.15, 0.2) is 42.6 Å². The largest absolute Gasteiger partial charge is 0.483 e. The zero-order valence-electron chi connectivity index (χ0n) is 17.8. The highest BCUT2D eigenvalue weighted by Gasteiger charge is 2.27. The number of nitro groups is 1. The number of aryl methyl sites for hydroxylation is 2. The van der Waals surface area contributed by atoms with E-state index in [1.807, 2.05) is 48.1 Å². The van der Waals surface area contributed by atoms with Crippen LogP contribution in [-0.4, -0.2) is 28.7 Å². The molecule has 0 spiro atoms. The quantitative estimate of drug-likeness (QED) is 0.298. The summed E-state index contributed by atoms with van der Waals surface area (Å²) in [6.45, 7) is 0. The Morgan fingerprint density at radius 1 is 1.19 bits per heavy atom. The van der Waals surface area contributed by atoms with Gasteiger partial charge in [0.1, 0.15) is 0 Å². The van der Waals surface area contributed by atoms with E-state index >= 15 is 0 Å². The number of nitrogens with zero attached hydrogens (tertiary/aromatic N) is 2. The number of ether oxygens (including phenoxy) is 2. The minimum atomic E-state index is -0.392. The van der Waals surface area contributed by atoms with Gasteiger partial charge in [0.25, 0.3) is 0 Å². The molecule has 31 heavy (non-hydrogen) atoms. The molecule has 0 atom stereocenters. The zero-order valence-corrected chi connectivity index (χ0v) is 17.8. The molecule has 1 saturated carbocycles. The van der Waals surface area contributed by atoms with Gasteiger partial charge in [-0.05, 0) is 67.5 Å². The summed E-state index contributed by atoms with van der Waals surface area (Å²) in [4.78, 5) is 23.2. The highest BCUT2D eigenvalue weighted by Crippen LogP contribution is 2.42. The summed E-state index contributed by atoms with van der Waals surface area (Å²) in [6, 6.07) is 11.5. The summed E-state index contributed by atoms with van der Waals surface area (Å²) in [7, 11) is 3.32. The van der Waals surface area contributed by atoms with E-state index in [9.17, 15) is 14.9 Å². The van der Waals surface area contributed by atoms with Crippen molar-refractivity contribution in [2.24, 2.45) is 7.05 Å². The van der Waals surface area contributed by atoms with E-state index in [-0.39, 0.29) is 24.2 Å². The first-order valence-electron chi connectivity index (χ1n) is 10.6. The van der Waals surface area contributed by atoms with Gasteiger partial charge < -0.3 is 14.0 Å². The van der Waals surface area contributed by atoms with Crippen LogP contribution < -0.4 is 4.74 Å². The molecule has 1 aliphatic carbocycles.